The highest BCUT2D eigenvalue weighted by Crippen LogP contribution is 2.34. The molecule has 1 unspecified atom stereocenters. The summed E-state index contributed by atoms with van der Waals surface area (Å²) in [5.74, 6) is 0.0321. The van der Waals surface area contributed by atoms with Gasteiger partial charge in [0.05, 0.1) is 12.6 Å². The molecule has 0 fully saturated rings. The van der Waals surface area contributed by atoms with Gasteiger partial charge in [0.2, 0.25) is 0 Å². The molecular formula is C15H22N2O. The lowest BCUT2D eigenvalue weighted by Crippen LogP contribution is -2.18. The number of rotatable bonds is 9. The third-order valence-electron chi connectivity index (χ3n) is 3.30. The third kappa shape index (κ3) is 5.58. The Morgan fingerprint density at radius 3 is 2.50 bits per heavy atom. The van der Waals surface area contributed by atoms with E-state index in [1.54, 1.807) is 0 Å². The summed E-state index contributed by atoms with van der Waals surface area (Å²) >= 11 is 0. The molecule has 0 aliphatic heterocycles. The van der Waals surface area contributed by atoms with Gasteiger partial charge in [-0.05, 0) is 25.0 Å². The maximum Gasteiger partial charge on any atom is 0.160 e. The molecule has 0 amide bonds. The van der Waals surface area contributed by atoms with Gasteiger partial charge < -0.3 is 0 Å². The Morgan fingerprint density at radius 1 is 1.44 bits per heavy atom. The largest absolute Gasteiger partial charge is 0.296 e. The van der Waals surface area contributed by atoms with E-state index in [2.05, 4.69) is 44.8 Å². The van der Waals surface area contributed by atoms with Crippen molar-refractivity contribution in [2.75, 3.05) is 6.54 Å². The van der Waals surface area contributed by atoms with E-state index in [4.69, 9.17) is 5.26 Å². The van der Waals surface area contributed by atoms with E-state index >= 15 is 0 Å². The maximum absolute atomic E-state index is 11.8. The zero-order valence-corrected chi connectivity index (χ0v) is 11.5. The first-order valence-corrected chi connectivity index (χ1v) is 6.10. The van der Waals surface area contributed by atoms with Gasteiger partial charge in [-0.1, -0.05) is 33.4 Å². The molecule has 0 aliphatic carbocycles. The molecule has 0 spiro atoms. The average Bonchev–Trinajstić information content (AvgIpc) is 2.36. The van der Waals surface area contributed by atoms with Crippen LogP contribution in [0.5, 0.6) is 0 Å². The molecule has 0 aliphatic rings. The molecule has 0 aromatic heterocycles. The molecule has 0 radical (unpaired) electrons. The normalized spacial score (nSPS) is 13.2. The second-order valence-electron chi connectivity index (χ2n) is 4.96. The first-order chi connectivity index (χ1) is 8.38. The number of carbonyl (C=O) groups excluding carboxylic acids is 1. The molecule has 0 heterocycles. The van der Waals surface area contributed by atoms with Crippen molar-refractivity contribution < 1.29 is 4.79 Å². The second kappa shape index (κ2) is 7.60. The van der Waals surface area contributed by atoms with Gasteiger partial charge in [0.15, 0.2) is 5.78 Å². The summed E-state index contributed by atoms with van der Waals surface area (Å²) in [4.78, 5) is 15.4. The van der Waals surface area contributed by atoms with E-state index in [9.17, 15) is 4.79 Å². The van der Waals surface area contributed by atoms with Crippen LogP contribution in [0.2, 0.25) is 0 Å². The summed E-state index contributed by atoms with van der Waals surface area (Å²) in [7, 11) is 0. The van der Waals surface area contributed by atoms with Crippen LogP contribution in [0, 0.1) is 16.7 Å². The van der Waals surface area contributed by atoms with E-state index in [0.717, 1.165) is 12.8 Å². The van der Waals surface area contributed by atoms with E-state index in [1.165, 1.54) is 0 Å². The minimum atomic E-state index is -0.0512. The predicted molar refractivity (Wildman–Crippen MR) is 75.6 cm³/mol. The molecule has 98 valence electrons. The van der Waals surface area contributed by atoms with Crippen LogP contribution in [0.3, 0.4) is 0 Å². The highest BCUT2D eigenvalue weighted by atomic mass is 16.1. The number of allylic oxidation sites excluding steroid dienone is 1. The van der Waals surface area contributed by atoms with Crippen LogP contribution in [0.4, 0.5) is 0 Å². The Balaban J connectivity index is 4.43. The average molecular weight is 246 g/mol. The van der Waals surface area contributed by atoms with Crippen LogP contribution < -0.4 is 0 Å². The maximum atomic E-state index is 11.8. The quantitative estimate of drug-likeness (QED) is 0.355. The number of hydrogen-bond donors (Lipinski definition) is 0. The first-order valence-electron chi connectivity index (χ1n) is 6.10. The van der Waals surface area contributed by atoms with Crippen molar-refractivity contribution in [3.8, 4) is 6.07 Å². The Hall–Kier alpha value is -1.69. The van der Waals surface area contributed by atoms with Crippen molar-refractivity contribution >= 4 is 12.5 Å². The van der Waals surface area contributed by atoms with Gasteiger partial charge in [0.25, 0.3) is 0 Å². The fourth-order valence-electron chi connectivity index (χ4n) is 1.76. The minimum Gasteiger partial charge on any atom is -0.296 e. The van der Waals surface area contributed by atoms with Gasteiger partial charge in [0, 0.05) is 17.6 Å². The molecule has 3 nitrogen and oxygen atoms in total. The number of nitriles is 1. The van der Waals surface area contributed by atoms with Crippen molar-refractivity contribution in [1.29, 1.82) is 5.26 Å². The number of aliphatic imine (C=N–C) groups is 1. The molecular weight excluding hydrogens is 224 g/mol. The van der Waals surface area contributed by atoms with Crippen LogP contribution >= 0.6 is 0 Å². The fraction of sp³-hybridized carbons (Fsp3) is 0.533. The smallest absolute Gasteiger partial charge is 0.160 e. The number of Topliss-reactive ketones (excluding diaryl/α,β-unsaturated/α-hetero) is 1. The van der Waals surface area contributed by atoms with Crippen molar-refractivity contribution in [2.45, 2.75) is 39.5 Å². The van der Waals surface area contributed by atoms with Crippen LogP contribution in [-0.2, 0) is 4.79 Å². The van der Waals surface area contributed by atoms with Crippen LogP contribution in [-0.4, -0.2) is 19.0 Å². The zero-order valence-electron chi connectivity index (χ0n) is 11.5. The molecule has 0 rings (SSSR count). The summed E-state index contributed by atoms with van der Waals surface area (Å²) in [6, 6.07) is 2.07. The highest BCUT2D eigenvalue weighted by Gasteiger charge is 2.24. The number of hydrogen-bond acceptors (Lipinski definition) is 3. The standard InChI is InChI=1S/C15H22N2O/c1-6-15(4,9-12(2)10-16)8-7-14(18)13(3)11-17-5/h2-3,5-9,11H2,1,4H3. The minimum absolute atomic E-state index is 0.0321. The van der Waals surface area contributed by atoms with Gasteiger partial charge in [-0.3, -0.25) is 9.79 Å². The van der Waals surface area contributed by atoms with Crippen LogP contribution in [0.25, 0.3) is 0 Å². The lowest BCUT2D eigenvalue weighted by Gasteiger charge is -2.27. The van der Waals surface area contributed by atoms with Gasteiger partial charge in [-0.15, -0.1) is 0 Å². The van der Waals surface area contributed by atoms with E-state index < -0.39 is 0 Å². The van der Waals surface area contributed by atoms with E-state index in [0.29, 0.717) is 30.5 Å². The fourth-order valence-corrected chi connectivity index (χ4v) is 1.76. The van der Waals surface area contributed by atoms with E-state index in [1.807, 2.05) is 0 Å². The molecule has 0 bridgehead atoms. The molecule has 3 heteroatoms. The monoisotopic (exact) mass is 246 g/mol. The topological polar surface area (TPSA) is 53.2 Å². The predicted octanol–water partition coefficient (Wildman–Crippen LogP) is 3.48. The molecule has 0 saturated heterocycles. The molecule has 18 heavy (non-hydrogen) atoms. The van der Waals surface area contributed by atoms with Crippen molar-refractivity contribution in [1.82, 2.24) is 0 Å². The van der Waals surface area contributed by atoms with Crippen molar-refractivity contribution in [3.05, 3.63) is 24.3 Å². The summed E-state index contributed by atoms with van der Waals surface area (Å²) in [5, 5.41) is 8.78. The SMILES string of the molecule is C=NCC(=C)C(=O)CCC(C)(CC)CC(=C)C#N. The van der Waals surface area contributed by atoms with Crippen LogP contribution in [0.15, 0.2) is 29.3 Å². The van der Waals surface area contributed by atoms with Gasteiger partial charge in [-0.25, -0.2) is 0 Å². The van der Waals surface area contributed by atoms with E-state index in [-0.39, 0.29) is 11.2 Å². The van der Waals surface area contributed by atoms with Gasteiger partial charge >= 0.3 is 0 Å². The Labute approximate surface area is 110 Å². The highest BCUT2D eigenvalue weighted by molar-refractivity contribution is 5.95. The molecule has 1 atom stereocenters. The molecule has 0 aromatic carbocycles. The van der Waals surface area contributed by atoms with Gasteiger partial charge in [0.1, 0.15) is 0 Å². The van der Waals surface area contributed by atoms with Crippen molar-refractivity contribution in [3.63, 3.8) is 0 Å². The number of ketones is 1. The van der Waals surface area contributed by atoms with Gasteiger partial charge in [-0.2, -0.15) is 5.26 Å². The summed E-state index contributed by atoms with van der Waals surface area (Å²) < 4.78 is 0. The Bertz CT molecular complexity index is 390. The Kier molecular flexibility index (Phi) is 6.89. The summed E-state index contributed by atoms with van der Waals surface area (Å²) in [6.07, 6.45) is 2.73. The lowest BCUT2D eigenvalue weighted by molar-refractivity contribution is -0.116. The van der Waals surface area contributed by atoms with Crippen LogP contribution in [0.1, 0.15) is 39.5 Å². The first kappa shape index (κ1) is 16.3. The third-order valence-corrected chi connectivity index (χ3v) is 3.30. The zero-order chi connectivity index (χ0) is 14.2. The summed E-state index contributed by atoms with van der Waals surface area (Å²) in [6.45, 7) is 15.2. The second-order valence-corrected chi connectivity index (χ2v) is 4.96. The molecule has 0 saturated carbocycles. The van der Waals surface area contributed by atoms with Crippen molar-refractivity contribution in [2.24, 2.45) is 10.4 Å². The number of nitrogens with zero attached hydrogens (tertiary/aromatic N) is 2. The Morgan fingerprint density at radius 2 is 2.06 bits per heavy atom. The molecule has 0 aromatic rings. The number of carbonyl (C=O) groups is 1. The molecule has 0 N–H and O–H groups in total. The summed E-state index contributed by atoms with van der Waals surface area (Å²) in [5.41, 5.74) is 1.02. The lowest BCUT2D eigenvalue weighted by atomic mass is 9.77.